The summed E-state index contributed by atoms with van der Waals surface area (Å²) in [5, 5.41) is 4.31. The first-order chi connectivity index (χ1) is 16.5. The second kappa shape index (κ2) is 9.16. The molecule has 1 saturated carbocycles. The van der Waals surface area contributed by atoms with Gasteiger partial charge in [0.2, 0.25) is 5.91 Å². The van der Waals surface area contributed by atoms with Crippen LogP contribution in [0.5, 0.6) is 5.75 Å². The number of amides is 2. The van der Waals surface area contributed by atoms with Crippen LogP contribution >= 0.6 is 0 Å². The fourth-order valence-corrected chi connectivity index (χ4v) is 5.44. The minimum Gasteiger partial charge on any atom is -0.494 e. The van der Waals surface area contributed by atoms with Crippen molar-refractivity contribution in [1.82, 2.24) is 14.8 Å². The van der Waals surface area contributed by atoms with Gasteiger partial charge in [-0.15, -0.1) is 0 Å². The lowest BCUT2D eigenvalue weighted by Gasteiger charge is -2.45. The predicted octanol–water partition coefficient (Wildman–Crippen LogP) is 4.90. The molecule has 34 heavy (non-hydrogen) atoms. The van der Waals surface area contributed by atoms with E-state index in [1.54, 1.807) is 4.90 Å². The summed E-state index contributed by atoms with van der Waals surface area (Å²) in [6, 6.07) is 17.9. The standard InChI is InChI=1S/C28H33N3O3/c1-3-34-25-16-10-8-12-21(25)18-31-26(32)24-17-20-11-7-9-15-23(20)30(24)19-28(31,2)27(33)29-22-13-5-4-6-14-22/h7-12,15-17,22H,3-6,13-14,18-19H2,1-2H3,(H,29,33)/t28-/m1/s1. The van der Waals surface area contributed by atoms with Gasteiger partial charge in [-0.2, -0.15) is 0 Å². The SMILES string of the molecule is CCOc1ccccc1CN1C(=O)c2cc3ccccc3n2C[C@]1(C)C(=O)NC1CCCCC1. The van der Waals surface area contributed by atoms with E-state index >= 15 is 0 Å². The van der Waals surface area contributed by atoms with Gasteiger partial charge in [0.25, 0.3) is 5.91 Å². The molecule has 0 saturated heterocycles. The van der Waals surface area contributed by atoms with Crippen LogP contribution in [-0.2, 0) is 17.9 Å². The fraction of sp³-hybridized carbons (Fsp3) is 0.429. The maximum Gasteiger partial charge on any atom is 0.271 e. The van der Waals surface area contributed by atoms with Crippen molar-refractivity contribution in [1.29, 1.82) is 0 Å². The third-order valence-corrected chi connectivity index (χ3v) is 7.37. The highest BCUT2D eigenvalue weighted by Crippen LogP contribution is 2.35. The van der Waals surface area contributed by atoms with Gasteiger partial charge in [0, 0.05) is 22.5 Å². The molecular weight excluding hydrogens is 426 g/mol. The van der Waals surface area contributed by atoms with Crippen LogP contribution < -0.4 is 10.1 Å². The van der Waals surface area contributed by atoms with Crippen molar-refractivity contribution in [2.45, 2.75) is 70.6 Å². The number of nitrogens with one attached hydrogen (secondary N) is 1. The molecule has 1 fully saturated rings. The molecule has 2 aromatic carbocycles. The summed E-state index contributed by atoms with van der Waals surface area (Å²) in [4.78, 5) is 29.6. The highest BCUT2D eigenvalue weighted by molar-refractivity contribution is 6.03. The third kappa shape index (κ3) is 3.95. The third-order valence-electron chi connectivity index (χ3n) is 7.37. The highest BCUT2D eigenvalue weighted by Gasteiger charge is 2.48. The molecule has 0 unspecified atom stereocenters. The topological polar surface area (TPSA) is 63.6 Å². The normalized spacial score (nSPS) is 20.9. The number of rotatable bonds is 6. The molecule has 0 spiro atoms. The number of carbonyl (C=O) groups is 2. The molecule has 178 valence electrons. The van der Waals surface area contributed by atoms with Crippen molar-refractivity contribution in [2.24, 2.45) is 0 Å². The molecule has 1 aliphatic carbocycles. The average Bonchev–Trinajstić information content (AvgIpc) is 3.22. The van der Waals surface area contributed by atoms with Crippen molar-refractivity contribution in [3.05, 3.63) is 65.9 Å². The monoisotopic (exact) mass is 459 g/mol. The second-order valence-electron chi connectivity index (χ2n) is 9.69. The van der Waals surface area contributed by atoms with E-state index in [2.05, 4.69) is 5.32 Å². The summed E-state index contributed by atoms with van der Waals surface area (Å²) in [5.74, 6) is 0.541. The Morgan fingerprint density at radius 1 is 1.09 bits per heavy atom. The van der Waals surface area contributed by atoms with Crippen LogP contribution in [0.2, 0.25) is 0 Å². The quantitative estimate of drug-likeness (QED) is 0.570. The molecule has 2 heterocycles. The Kier molecular flexibility index (Phi) is 6.07. The minimum absolute atomic E-state index is 0.0786. The van der Waals surface area contributed by atoms with Gasteiger partial charge in [-0.25, -0.2) is 0 Å². The molecule has 1 aliphatic heterocycles. The fourth-order valence-electron chi connectivity index (χ4n) is 5.44. The van der Waals surface area contributed by atoms with Crippen LogP contribution in [-0.4, -0.2) is 39.5 Å². The number of aromatic nitrogens is 1. The molecule has 6 nitrogen and oxygen atoms in total. The Bertz CT molecular complexity index is 1210. The van der Waals surface area contributed by atoms with Crippen molar-refractivity contribution < 1.29 is 14.3 Å². The molecule has 1 aromatic heterocycles. The van der Waals surface area contributed by atoms with Crippen molar-refractivity contribution in [3.63, 3.8) is 0 Å². The van der Waals surface area contributed by atoms with E-state index in [9.17, 15) is 9.59 Å². The van der Waals surface area contributed by atoms with Crippen molar-refractivity contribution in [3.8, 4) is 5.75 Å². The van der Waals surface area contributed by atoms with Gasteiger partial charge in [-0.1, -0.05) is 55.7 Å². The van der Waals surface area contributed by atoms with Crippen LogP contribution in [0.3, 0.4) is 0 Å². The van der Waals surface area contributed by atoms with E-state index in [1.165, 1.54) is 6.42 Å². The molecule has 6 heteroatoms. The zero-order valence-corrected chi connectivity index (χ0v) is 20.0. The van der Waals surface area contributed by atoms with Gasteiger partial charge < -0.3 is 19.5 Å². The number of hydrogen-bond donors (Lipinski definition) is 1. The van der Waals surface area contributed by atoms with E-state index in [-0.39, 0.29) is 17.9 Å². The number of ether oxygens (including phenoxy) is 1. The van der Waals surface area contributed by atoms with Gasteiger partial charge in [-0.3, -0.25) is 9.59 Å². The molecule has 1 N–H and O–H groups in total. The van der Waals surface area contributed by atoms with Crippen LogP contribution in [0, 0.1) is 0 Å². The molecular formula is C28H33N3O3. The second-order valence-corrected chi connectivity index (χ2v) is 9.69. The van der Waals surface area contributed by atoms with Crippen LogP contribution in [0.25, 0.3) is 10.9 Å². The van der Waals surface area contributed by atoms with Gasteiger partial charge in [0.05, 0.1) is 19.7 Å². The number of fused-ring (bicyclic) bond motifs is 3. The molecule has 2 aliphatic rings. The van der Waals surface area contributed by atoms with E-state index in [4.69, 9.17) is 4.74 Å². The molecule has 5 rings (SSSR count). The summed E-state index contributed by atoms with van der Waals surface area (Å²) < 4.78 is 7.85. The molecule has 0 radical (unpaired) electrons. The maximum atomic E-state index is 14.0. The summed E-state index contributed by atoms with van der Waals surface area (Å²) in [6.45, 7) is 5.12. The van der Waals surface area contributed by atoms with Crippen molar-refractivity contribution >= 4 is 22.7 Å². The highest BCUT2D eigenvalue weighted by atomic mass is 16.5. The van der Waals surface area contributed by atoms with Gasteiger partial charge in [-0.05, 0) is 44.9 Å². The molecule has 1 atom stereocenters. The first-order valence-corrected chi connectivity index (χ1v) is 12.4. The number of carbonyl (C=O) groups excluding carboxylic acids is 2. The zero-order valence-electron chi connectivity index (χ0n) is 20.0. The lowest BCUT2D eigenvalue weighted by atomic mass is 9.91. The molecule has 2 amide bonds. The van der Waals surface area contributed by atoms with E-state index in [1.807, 2.05) is 73.0 Å². The Morgan fingerprint density at radius 2 is 1.82 bits per heavy atom. The Morgan fingerprint density at radius 3 is 2.62 bits per heavy atom. The largest absolute Gasteiger partial charge is 0.494 e. The predicted molar refractivity (Wildman–Crippen MR) is 133 cm³/mol. The summed E-state index contributed by atoms with van der Waals surface area (Å²) in [7, 11) is 0. The number of para-hydroxylation sites is 2. The Hall–Kier alpha value is -3.28. The summed E-state index contributed by atoms with van der Waals surface area (Å²) in [5.41, 5.74) is 1.48. The molecule has 3 aromatic rings. The smallest absolute Gasteiger partial charge is 0.271 e. The van der Waals surface area contributed by atoms with E-state index < -0.39 is 5.54 Å². The lowest BCUT2D eigenvalue weighted by Crippen LogP contribution is -2.64. The number of nitrogens with zero attached hydrogens (tertiary/aromatic N) is 2. The Labute approximate surface area is 200 Å². The molecule has 0 bridgehead atoms. The minimum atomic E-state index is -1.03. The van der Waals surface area contributed by atoms with Gasteiger partial charge in [0.1, 0.15) is 17.0 Å². The number of benzene rings is 2. The zero-order chi connectivity index (χ0) is 23.7. The number of hydrogen-bond acceptors (Lipinski definition) is 3. The Balaban J connectivity index is 1.55. The lowest BCUT2D eigenvalue weighted by molar-refractivity contribution is -0.134. The van der Waals surface area contributed by atoms with Crippen LogP contribution in [0.1, 0.15) is 62.0 Å². The van der Waals surface area contributed by atoms with E-state index in [0.717, 1.165) is 47.9 Å². The first kappa shape index (κ1) is 22.5. The van der Waals surface area contributed by atoms with Crippen LogP contribution in [0.4, 0.5) is 0 Å². The van der Waals surface area contributed by atoms with Gasteiger partial charge >= 0.3 is 0 Å². The van der Waals surface area contributed by atoms with Gasteiger partial charge in [0.15, 0.2) is 0 Å². The van der Waals surface area contributed by atoms with Crippen molar-refractivity contribution in [2.75, 3.05) is 6.61 Å². The summed E-state index contributed by atoms with van der Waals surface area (Å²) >= 11 is 0. The first-order valence-electron chi connectivity index (χ1n) is 12.4. The van der Waals surface area contributed by atoms with E-state index in [0.29, 0.717) is 25.4 Å². The summed E-state index contributed by atoms with van der Waals surface area (Å²) in [6.07, 6.45) is 5.50. The maximum absolute atomic E-state index is 14.0. The average molecular weight is 460 g/mol. The van der Waals surface area contributed by atoms with Crippen LogP contribution in [0.15, 0.2) is 54.6 Å².